The van der Waals surface area contributed by atoms with Gasteiger partial charge in [0.25, 0.3) is 0 Å². The Labute approximate surface area is 110 Å². The molecule has 0 radical (unpaired) electrons. The molecular weight excluding hydrogens is 222 g/mol. The Hall–Kier alpha value is -1.18. The second-order valence-corrected chi connectivity index (χ2v) is 6.16. The number of hydrogen-bond donors (Lipinski definition) is 1. The molecule has 1 fully saturated rings. The third-order valence-electron chi connectivity index (χ3n) is 4.44. The fourth-order valence-corrected chi connectivity index (χ4v) is 3.17. The van der Waals surface area contributed by atoms with Gasteiger partial charge in [-0.25, -0.2) is 0 Å². The highest BCUT2D eigenvalue weighted by Crippen LogP contribution is 2.36. The summed E-state index contributed by atoms with van der Waals surface area (Å²) in [7, 11) is 0. The third kappa shape index (κ3) is 2.47. The smallest absolute Gasteiger partial charge is 0.121 e. The molecule has 0 unspecified atom stereocenters. The number of rotatable bonds is 3. The standard InChI is InChI=1S/C16H23NO/c1-16(8-3-2-4-9-16)12-18-14-6-5-13-7-10-17-15(13)11-14/h5-6,11,17H,2-4,7-10,12H2,1H3. The highest BCUT2D eigenvalue weighted by molar-refractivity contribution is 5.58. The molecule has 2 nitrogen and oxygen atoms in total. The van der Waals surface area contributed by atoms with Crippen molar-refractivity contribution in [3.05, 3.63) is 23.8 Å². The highest BCUT2D eigenvalue weighted by Gasteiger charge is 2.27. The molecule has 1 heterocycles. The first-order valence-corrected chi connectivity index (χ1v) is 7.25. The Morgan fingerprint density at radius 1 is 1.22 bits per heavy atom. The van der Waals surface area contributed by atoms with Crippen LogP contribution in [0.3, 0.4) is 0 Å². The molecular formula is C16H23NO. The summed E-state index contributed by atoms with van der Waals surface area (Å²) in [5.74, 6) is 1.02. The minimum absolute atomic E-state index is 0.394. The largest absolute Gasteiger partial charge is 0.493 e. The van der Waals surface area contributed by atoms with Crippen LogP contribution >= 0.6 is 0 Å². The summed E-state index contributed by atoms with van der Waals surface area (Å²) in [6.07, 6.45) is 7.91. The number of benzene rings is 1. The van der Waals surface area contributed by atoms with Gasteiger partial charge >= 0.3 is 0 Å². The van der Waals surface area contributed by atoms with Crippen molar-refractivity contribution in [2.45, 2.75) is 45.4 Å². The van der Waals surface area contributed by atoms with E-state index in [4.69, 9.17) is 4.74 Å². The van der Waals surface area contributed by atoms with Crippen molar-refractivity contribution in [3.8, 4) is 5.75 Å². The van der Waals surface area contributed by atoms with Gasteiger partial charge in [0.05, 0.1) is 6.61 Å². The maximum Gasteiger partial charge on any atom is 0.121 e. The highest BCUT2D eigenvalue weighted by atomic mass is 16.5. The van der Waals surface area contributed by atoms with Crippen LogP contribution in [-0.2, 0) is 6.42 Å². The molecule has 1 aliphatic heterocycles. The first-order chi connectivity index (χ1) is 8.75. The van der Waals surface area contributed by atoms with Crippen molar-refractivity contribution in [3.63, 3.8) is 0 Å². The summed E-state index contributed by atoms with van der Waals surface area (Å²) < 4.78 is 6.03. The monoisotopic (exact) mass is 245 g/mol. The predicted octanol–water partition coefficient (Wildman–Crippen LogP) is 4.00. The summed E-state index contributed by atoms with van der Waals surface area (Å²) in [6, 6.07) is 6.49. The molecule has 1 aromatic carbocycles. The Balaban J connectivity index is 1.62. The van der Waals surface area contributed by atoms with Gasteiger partial charge in [-0.05, 0) is 30.9 Å². The molecule has 0 amide bonds. The average Bonchev–Trinajstić information content (AvgIpc) is 2.85. The molecule has 0 atom stereocenters. The van der Waals surface area contributed by atoms with Gasteiger partial charge in [-0.1, -0.05) is 32.3 Å². The second-order valence-electron chi connectivity index (χ2n) is 6.16. The lowest BCUT2D eigenvalue weighted by Crippen LogP contribution is -2.27. The van der Waals surface area contributed by atoms with E-state index in [0.717, 1.165) is 25.3 Å². The molecule has 18 heavy (non-hydrogen) atoms. The van der Waals surface area contributed by atoms with Gasteiger partial charge in [-0.15, -0.1) is 0 Å². The normalized spacial score (nSPS) is 21.2. The van der Waals surface area contributed by atoms with Crippen LogP contribution in [0, 0.1) is 5.41 Å². The lowest BCUT2D eigenvalue weighted by molar-refractivity contribution is 0.116. The van der Waals surface area contributed by atoms with Gasteiger partial charge in [0.1, 0.15) is 5.75 Å². The summed E-state index contributed by atoms with van der Waals surface area (Å²) >= 11 is 0. The SMILES string of the molecule is CC1(COc2ccc3c(c2)NCC3)CCCCC1. The maximum absolute atomic E-state index is 6.03. The Morgan fingerprint density at radius 3 is 2.89 bits per heavy atom. The van der Waals surface area contributed by atoms with Gasteiger partial charge < -0.3 is 10.1 Å². The summed E-state index contributed by atoms with van der Waals surface area (Å²) in [4.78, 5) is 0. The molecule has 0 aromatic heterocycles. The first kappa shape index (κ1) is 11.9. The quantitative estimate of drug-likeness (QED) is 0.869. The van der Waals surface area contributed by atoms with Crippen LogP contribution in [0.4, 0.5) is 5.69 Å². The molecule has 0 saturated heterocycles. The zero-order valence-corrected chi connectivity index (χ0v) is 11.3. The number of ether oxygens (including phenoxy) is 1. The number of nitrogens with one attached hydrogen (secondary N) is 1. The van der Waals surface area contributed by atoms with Crippen LogP contribution in [0.25, 0.3) is 0 Å². The zero-order valence-electron chi connectivity index (χ0n) is 11.3. The van der Waals surface area contributed by atoms with E-state index in [1.807, 2.05) is 0 Å². The topological polar surface area (TPSA) is 21.3 Å². The lowest BCUT2D eigenvalue weighted by Gasteiger charge is -2.33. The van der Waals surface area contributed by atoms with Crippen LogP contribution in [0.2, 0.25) is 0 Å². The second kappa shape index (κ2) is 4.83. The van der Waals surface area contributed by atoms with Crippen LogP contribution in [0.15, 0.2) is 18.2 Å². The predicted molar refractivity (Wildman–Crippen MR) is 75.3 cm³/mol. The van der Waals surface area contributed by atoms with Crippen molar-refractivity contribution in [2.75, 3.05) is 18.5 Å². The maximum atomic E-state index is 6.03. The molecule has 1 N–H and O–H groups in total. The van der Waals surface area contributed by atoms with Crippen molar-refractivity contribution in [1.29, 1.82) is 0 Å². The number of fused-ring (bicyclic) bond motifs is 1. The van der Waals surface area contributed by atoms with E-state index >= 15 is 0 Å². The molecule has 1 aromatic rings. The summed E-state index contributed by atoms with van der Waals surface area (Å²) in [5, 5.41) is 3.41. The molecule has 0 spiro atoms. The van der Waals surface area contributed by atoms with Gasteiger partial charge in [0.15, 0.2) is 0 Å². The Bertz CT molecular complexity index is 421. The summed E-state index contributed by atoms with van der Waals surface area (Å²) in [5.41, 5.74) is 3.08. The fourth-order valence-electron chi connectivity index (χ4n) is 3.17. The van der Waals surface area contributed by atoms with E-state index in [9.17, 15) is 0 Å². The minimum Gasteiger partial charge on any atom is -0.493 e. The van der Waals surface area contributed by atoms with E-state index in [1.165, 1.54) is 43.4 Å². The zero-order chi connectivity index (χ0) is 12.4. The van der Waals surface area contributed by atoms with Gasteiger partial charge in [-0.2, -0.15) is 0 Å². The van der Waals surface area contributed by atoms with Crippen molar-refractivity contribution in [2.24, 2.45) is 5.41 Å². The first-order valence-electron chi connectivity index (χ1n) is 7.25. The van der Waals surface area contributed by atoms with Crippen molar-refractivity contribution < 1.29 is 4.74 Å². The van der Waals surface area contributed by atoms with Crippen LogP contribution in [-0.4, -0.2) is 13.2 Å². The van der Waals surface area contributed by atoms with Crippen LogP contribution in [0.5, 0.6) is 5.75 Å². The van der Waals surface area contributed by atoms with Crippen molar-refractivity contribution >= 4 is 5.69 Å². The summed E-state index contributed by atoms with van der Waals surface area (Å²) in [6.45, 7) is 4.31. The van der Waals surface area contributed by atoms with Crippen LogP contribution < -0.4 is 10.1 Å². The van der Waals surface area contributed by atoms with E-state index in [1.54, 1.807) is 0 Å². The fraction of sp³-hybridized carbons (Fsp3) is 0.625. The Morgan fingerprint density at radius 2 is 2.06 bits per heavy atom. The average molecular weight is 245 g/mol. The van der Waals surface area contributed by atoms with Gasteiger partial charge in [-0.3, -0.25) is 0 Å². The van der Waals surface area contributed by atoms with Gasteiger partial charge in [0.2, 0.25) is 0 Å². The lowest BCUT2D eigenvalue weighted by atomic mass is 9.76. The van der Waals surface area contributed by atoms with Crippen molar-refractivity contribution in [1.82, 2.24) is 0 Å². The molecule has 3 rings (SSSR count). The molecule has 2 aliphatic rings. The Kier molecular flexibility index (Phi) is 3.19. The number of anilines is 1. The molecule has 98 valence electrons. The van der Waals surface area contributed by atoms with Crippen LogP contribution in [0.1, 0.15) is 44.6 Å². The minimum atomic E-state index is 0.394. The van der Waals surface area contributed by atoms with E-state index < -0.39 is 0 Å². The third-order valence-corrected chi connectivity index (χ3v) is 4.44. The molecule has 0 bridgehead atoms. The molecule has 2 heteroatoms. The number of hydrogen-bond acceptors (Lipinski definition) is 2. The molecule has 1 saturated carbocycles. The van der Waals surface area contributed by atoms with E-state index in [0.29, 0.717) is 5.41 Å². The van der Waals surface area contributed by atoms with E-state index in [2.05, 4.69) is 30.4 Å². The van der Waals surface area contributed by atoms with E-state index in [-0.39, 0.29) is 0 Å². The molecule has 1 aliphatic carbocycles. The van der Waals surface area contributed by atoms with Gasteiger partial charge in [0, 0.05) is 23.7 Å².